The van der Waals surface area contributed by atoms with Crippen LogP contribution in [0.2, 0.25) is 0 Å². The zero-order valence-corrected chi connectivity index (χ0v) is 18.1. The van der Waals surface area contributed by atoms with Gasteiger partial charge in [-0.25, -0.2) is 0 Å². The van der Waals surface area contributed by atoms with Crippen molar-refractivity contribution in [3.05, 3.63) is 29.6 Å². The van der Waals surface area contributed by atoms with Gasteiger partial charge < -0.3 is 18.9 Å². The number of ether oxygens (including phenoxy) is 2. The van der Waals surface area contributed by atoms with Crippen LogP contribution in [-0.2, 0) is 11.3 Å². The van der Waals surface area contributed by atoms with Crippen LogP contribution < -0.4 is 9.47 Å². The van der Waals surface area contributed by atoms with Gasteiger partial charge in [0.25, 0.3) is 0 Å². The van der Waals surface area contributed by atoms with Crippen molar-refractivity contribution in [2.75, 3.05) is 25.5 Å². The zero-order chi connectivity index (χ0) is 20.4. The maximum Gasteiger partial charge on any atom is 0.233 e. The number of carbonyl (C=O) groups excluding carboxylic acids is 1. The van der Waals surface area contributed by atoms with Crippen molar-refractivity contribution in [3.63, 3.8) is 0 Å². The van der Waals surface area contributed by atoms with Gasteiger partial charge in [0, 0.05) is 25.0 Å². The van der Waals surface area contributed by atoms with Gasteiger partial charge in [0.1, 0.15) is 19.0 Å². The first kappa shape index (κ1) is 20.1. The highest BCUT2D eigenvalue weighted by Gasteiger charge is 2.30. The van der Waals surface area contributed by atoms with Crippen LogP contribution in [0.4, 0.5) is 0 Å². The van der Waals surface area contributed by atoms with Crippen molar-refractivity contribution in [2.45, 2.75) is 57.3 Å². The van der Waals surface area contributed by atoms with Gasteiger partial charge in [-0.05, 0) is 37.5 Å². The molecule has 1 fully saturated rings. The fraction of sp³-hybridized carbons (Fsp3) is 0.571. The molecule has 29 heavy (non-hydrogen) atoms. The van der Waals surface area contributed by atoms with E-state index >= 15 is 0 Å². The van der Waals surface area contributed by atoms with Gasteiger partial charge in [-0.2, -0.15) is 0 Å². The van der Waals surface area contributed by atoms with Crippen molar-refractivity contribution in [3.8, 4) is 11.5 Å². The van der Waals surface area contributed by atoms with Gasteiger partial charge >= 0.3 is 0 Å². The van der Waals surface area contributed by atoms with E-state index in [1.54, 1.807) is 0 Å². The van der Waals surface area contributed by atoms with E-state index in [-0.39, 0.29) is 5.91 Å². The molecule has 0 bridgehead atoms. The minimum Gasteiger partial charge on any atom is -0.486 e. The van der Waals surface area contributed by atoms with Crippen molar-refractivity contribution >= 4 is 17.7 Å². The summed E-state index contributed by atoms with van der Waals surface area (Å²) < 4.78 is 13.5. The lowest BCUT2D eigenvalue weighted by atomic mass is 10.2. The molecule has 2 aromatic rings. The average molecular weight is 417 g/mol. The molecule has 8 heteroatoms. The van der Waals surface area contributed by atoms with Gasteiger partial charge in [0.05, 0.1) is 5.75 Å². The monoisotopic (exact) mass is 416 g/mol. The van der Waals surface area contributed by atoms with E-state index in [2.05, 4.69) is 28.6 Å². The fourth-order valence-electron chi connectivity index (χ4n) is 3.46. The SMILES string of the molecule is CCN(Cc1ccc2c(c1)OCCO2)C(=O)CSc1nnc(C(C)C)n1C1CC1. The molecule has 1 saturated carbocycles. The first-order chi connectivity index (χ1) is 14.1. The van der Waals surface area contributed by atoms with Crippen LogP contribution in [-0.4, -0.2) is 51.1 Å². The van der Waals surface area contributed by atoms with Crippen molar-refractivity contribution in [1.82, 2.24) is 19.7 Å². The first-order valence-corrected chi connectivity index (χ1v) is 11.3. The minimum atomic E-state index is 0.101. The highest BCUT2D eigenvalue weighted by Crippen LogP contribution is 2.40. The Labute approximate surface area is 175 Å². The summed E-state index contributed by atoms with van der Waals surface area (Å²) in [4.78, 5) is 14.7. The van der Waals surface area contributed by atoms with Gasteiger partial charge in [0.2, 0.25) is 5.91 Å². The number of fused-ring (bicyclic) bond motifs is 1. The van der Waals surface area contributed by atoms with E-state index in [0.717, 1.165) is 28.0 Å². The summed E-state index contributed by atoms with van der Waals surface area (Å²) in [5.74, 6) is 3.34. The lowest BCUT2D eigenvalue weighted by Crippen LogP contribution is -2.32. The maximum atomic E-state index is 12.9. The van der Waals surface area contributed by atoms with Gasteiger partial charge in [0.15, 0.2) is 16.7 Å². The minimum absolute atomic E-state index is 0.101. The van der Waals surface area contributed by atoms with E-state index in [0.29, 0.717) is 44.0 Å². The number of hydrogen-bond donors (Lipinski definition) is 0. The second kappa shape index (κ2) is 8.65. The molecule has 0 unspecified atom stereocenters. The highest BCUT2D eigenvalue weighted by molar-refractivity contribution is 7.99. The number of carbonyl (C=O) groups is 1. The second-order valence-electron chi connectivity index (χ2n) is 7.77. The predicted molar refractivity (Wildman–Crippen MR) is 112 cm³/mol. The zero-order valence-electron chi connectivity index (χ0n) is 17.3. The molecule has 1 aromatic carbocycles. The molecule has 1 amide bonds. The summed E-state index contributed by atoms with van der Waals surface area (Å²) in [6, 6.07) is 6.38. The normalized spacial score (nSPS) is 15.6. The smallest absolute Gasteiger partial charge is 0.233 e. The molecule has 0 saturated heterocycles. The van der Waals surface area contributed by atoms with Crippen LogP contribution in [0.3, 0.4) is 0 Å². The Morgan fingerprint density at radius 1 is 1.24 bits per heavy atom. The summed E-state index contributed by atoms with van der Waals surface area (Å²) in [5.41, 5.74) is 1.04. The number of aromatic nitrogens is 3. The average Bonchev–Trinajstić information content (AvgIpc) is 3.48. The molecule has 4 rings (SSSR count). The molecule has 2 heterocycles. The van der Waals surface area contributed by atoms with Crippen LogP contribution in [0.5, 0.6) is 11.5 Å². The van der Waals surface area contributed by atoms with Crippen molar-refractivity contribution < 1.29 is 14.3 Å². The molecule has 0 atom stereocenters. The summed E-state index contributed by atoms with van der Waals surface area (Å²) in [5, 5.41) is 9.59. The van der Waals surface area contributed by atoms with E-state index in [4.69, 9.17) is 9.47 Å². The van der Waals surface area contributed by atoms with E-state index in [9.17, 15) is 4.79 Å². The van der Waals surface area contributed by atoms with Gasteiger partial charge in [-0.15, -0.1) is 10.2 Å². The van der Waals surface area contributed by atoms with Crippen LogP contribution in [0, 0.1) is 0 Å². The quantitative estimate of drug-likeness (QED) is 0.612. The van der Waals surface area contributed by atoms with Gasteiger partial charge in [-0.1, -0.05) is 31.7 Å². The molecule has 0 spiro atoms. The number of amides is 1. The molecule has 7 nitrogen and oxygen atoms in total. The molecule has 1 aliphatic carbocycles. The lowest BCUT2D eigenvalue weighted by molar-refractivity contribution is -0.128. The van der Waals surface area contributed by atoms with Gasteiger partial charge in [-0.3, -0.25) is 4.79 Å². The predicted octanol–water partition coefficient (Wildman–Crippen LogP) is 3.65. The van der Waals surface area contributed by atoms with Crippen LogP contribution in [0.1, 0.15) is 57.0 Å². The van der Waals surface area contributed by atoms with Crippen LogP contribution >= 0.6 is 11.8 Å². The molecule has 0 radical (unpaired) electrons. The van der Waals surface area contributed by atoms with E-state index in [1.165, 1.54) is 24.6 Å². The van der Waals surface area contributed by atoms with E-state index in [1.807, 2.05) is 30.0 Å². The summed E-state index contributed by atoms with van der Waals surface area (Å²) >= 11 is 1.49. The van der Waals surface area contributed by atoms with Crippen LogP contribution in [0.15, 0.2) is 23.4 Å². The number of rotatable bonds is 8. The lowest BCUT2D eigenvalue weighted by Gasteiger charge is -2.23. The summed E-state index contributed by atoms with van der Waals surface area (Å²) in [6.45, 7) is 8.61. The number of thioether (sulfide) groups is 1. The first-order valence-electron chi connectivity index (χ1n) is 10.3. The highest BCUT2D eigenvalue weighted by atomic mass is 32.2. The Kier molecular flexibility index (Phi) is 5.99. The molecule has 1 aliphatic heterocycles. The molecule has 1 aromatic heterocycles. The Morgan fingerprint density at radius 2 is 2.00 bits per heavy atom. The number of hydrogen-bond acceptors (Lipinski definition) is 6. The topological polar surface area (TPSA) is 69.5 Å². The third kappa shape index (κ3) is 4.52. The molecule has 0 N–H and O–H groups in total. The van der Waals surface area contributed by atoms with Crippen molar-refractivity contribution in [2.24, 2.45) is 0 Å². The Bertz CT molecular complexity index is 879. The molecular weight excluding hydrogens is 388 g/mol. The fourth-order valence-corrected chi connectivity index (χ4v) is 4.37. The molecule has 156 valence electrons. The number of nitrogens with zero attached hydrogens (tertiary/aromatic N) is 4. The Morgan fingerprint density at radius 3 is 2.69 bits per heavy atom. The third-order valence-electron chi connectivity index (χ3n) is 5.16. The van der Waals surface area contributed by atoms with E-state index < -0.39 is 0 Å². The largest absolute Gasteiger partial charge is 0.486 e. The summed E-state index contributed by atoms with van der Waals surface area (Å²) in [6.07, 6.45) is 2.34. The Hall–Kier alpha value is -2.22. The molecule has 2 aliphatic rings. The summed E-state index contributed by atoms with van der Waals surface area (Å²) in [7, 11) is 0. The Balaban J connectivity index is 1.40. The maximum absolute atomic E-state index is 12.9. The third-order valence-corrected chi connectivity index (χ3v) is 6.09. The van der Waals surface area contributed by atoms with Crippen LogP contribution in [0.25, 0.3) is 0 Å². The van der Waals surface area contributed by atoms with Crippen molar-refractivity contribution in [1.29, 1.82) is 0 Å². The standard InChI is InChI=1S/C21H28N4O3S/c1-4-24(12-15-5-8-17-18(11-15)28-10-9-27-17)19(26)13-29-21-23-22-20(14(2)3)25(21)16-6-7-16/h5,8,11,14,16H,4,6-7,9-10,12-13H2,1-3H3. The second-order valence-corrected chi connectivity index (χ2v) is 8.71. The number of benzene rings is 1. The molecular formula is C21H28N4O3S.